The number of Topliss-reactive ketones (excluding diaryl/α,β-unsaturated/α-hetero) is 1. The van der Waals surface area contributed by atoms with E-state index in [-0.39, 0.29) is 17.2 Å². The molecule has 0 atom stereocenters. The minimum absolute atomic E-state index is 0.123. The van der Waals surface area contributed by atoms with Crippen LogP contribution < -0.4 is 5.32 Å². The third kappa shape index (κ3) is 3.81. The molecule has 1 saturated heterocycles. The highest BCUT2D eigenvalue weighted by molar-refractivity contribution is 7.89. The summed E-state index contributed by atoms with van der Waals surface area (Å²) in [6, 6.07) is 12.2. The van der Waals surface area contributed by atoms with E-state index in [0.717, 1.165) is 29.7 Å². The molecule has 0 bridgehead atoms. The highest BCUT2D eigenvalue weighted by atomic mass is 32.2. The van der Waals surface area contributed by atoms with Gasteiger partial charge in [-0.3, -0.25) is 4.79 Å². The lowest BCUT2D eigenvalue weighted by Crippen LogP contribution is -2.28. The number of ketones is 1. The normalized spacial score (nSPS) is 15.2. The van der Waals surface area contributed by atoms with Crippen LogP contribution in [0.3, 0.4) is 0 Å². The zero-order chi connectivity index (χ0) is 18.7. The van der Waals surface area contributed by atoms with Gasteiger partial charge in [-0.15, -0.1) is 0 Å². The van der Waals surface area contributed by atoms with Gasteiger partial charge in [-0.1, -0.05) is 24.3 Å². The summed E-state index contributed by atoms with van der Waals surface area (Å²) in [5.41, 5.74) is 3.58. The van der Waals surface area contributed by atoms with Crippen molar-refractivity contribution in [3.8, 4) is 0 Å². The fourth-order valence-electron chi connectivity index (χ4n) is 3.13. The number of benzene rings is 2. The van der Waals surface area contributed by atoms with Crippen molar-refractivity contribution in [2.75, 3.05) is 25.0 Å². The van der Waals surface area contributed by atoms with Gasteiger partial charge in [0, 0.05) is 24.3 Å². The number of carbonyl (C=O) groups excluding carboxylic acids is 1. The topological polar surface area (TPSA) is 66.5 Å². The van der Waals surface area contributed by atoms with Gasteiger partial charge in [-0.05, 0) is 56.0 Å². The van der Waals surface area contributed by atoms with E-state index in [1.54, 1.807) is 18.2 Å². The number of anilines is 1. The maximum absolute atomic E-state index is 12.7. The molecule has 26 heavy (non-hydrogen) atoms. The number of sulfonamides is 1. The molecule has 0 spiro atoms. The number of hydrogen-bond donors (Lipinski definition) is 1. The van der Waals surface area contributed by atoms with Crippen molar-refractivity contribution in [2.24, 2.45) is 0 Å². The SMILES string of the molecule is Cc1cccc(NCC(=O)c2cccc(S(=O)(=O)N3CCCC3)c2)c1C. The van der Waals surface area contributed by atoms with Crippen LogP contribution >= 0.6 is 0 Å². The second kappa shape index (κ2) is 7.60. The number of aryl methyl sites for hydroxylation is 1. The van der Waals surface area contributed by atoms with E-state index in [2.05, 4.69) is 5.32 Å². The highest BCUT2D eigenvalue weighted by Crippen LogP contribution is 2.22. The summed E-state index contributed by atoms with van der Waals surface area (Å²) >= 11 is 0. The van der Waals surface area contributed by atoms with Crippen molar-refractivity contribution in [2.45, 2.75) is 31.6 Å². The number of hydrogen-bond acceptors (Lipinski definition) is 4. The molecule has 1 aliphatic rings. The molecule has 0 amide bonds. The molecule has 2 aromatic rings. The van der Waals surface area contributed by atoms with Gasteiger partial charge in [-0.25, -0.2) is 8.42 Å². The second-order valence-corrected chi connectivity index (χ2v) is 8.60. The Balaban J connectivity index is 1.75. The lowest BCUT2D eigenvalue weighted by Gasteiger charge is -2.16. The first-order valence-corrected chi connectivity index (χ1v) is 10.3. The molecule has 0 radical (unpaired) electrons. The van der Waals surface area contributed by atoms with E-state index in [0.29, 0.717) is 18.7 Å². The van der Waals surface area contributed by atoms with E-state index in [1.807, 2.05) is 32.0 Å². The Kier molecular flexibility index (Phi) is 5.44. The average Bonchev–Trinajstić information content (AvgIpc) is 3.18. The van der Waals surface area contributed by atoms with Crippen LogP contribution in [0.2, 0.25) is 0 Å². The van der Waals surface area contributed by atoms with Gasteiger partial charge < -0.3 is 5.32 Å². The molecule has 1 heterocycles. The van der Waals surface area contributed by atoms with Crippen LogP contribution in [0.1, 0.15) is 34.3 Å². The maximum Gasteiger partial charge on any atom is 0.243 e. The van der Waals surface area contributed by atoms with Crippen LogP contribution in [0.5, 0.6) is 0 Å². The Morgan fingerprint density at radius 1 is 1.08 bits per heavy atom. The number of nitrogens with zero attached hydrogens (tertiary/aromatic N) is 1. The predicted octanol–water partition coefficient (Wildman–Crippen LogP) is 3.38. The fourth-order valence-corrected chi connectivity index (χ4v) is 4.69. The van der Waals surface area contributed by atoms with E-state index < -0.39 is 10.0 Å². The van der Waals surface area contributed by atoms with Gasteiger partial charge >= 0.3 is 0 Å². The van der Waals surface area contributed by atoms with E-state index in [1.165, 1.54) is 10.4 Å². The first-order chi connectivity index (χ1) is 12.4. The Bertz CT molecular complexity index is 916. The van der Waals surface area contributed by atoms with E-state index in [4.69, 9.17) is 0 Å². The Hall–Kier alpha value is -2.18. The molecule has 5 nitrogen and oxygen atoms in total. The molecule has 138 valence electrons. The fraction of sp³-hybridized carbons (Fsp3) is 0.350. The molecule has 2 aromatic carbocycles. The summed E-state index contributed by atoms with van der Waals surface area (Å²) in [6.07, 6.45) is 1.77. The second-order valence-electron chi connectivity index (χ2n) is 6.66. The molecule has 1 aliphatic heterocycles. The zero-order valence-electron chi connectivity index (χ0n) is 15.2. The molecule has 1 N–H and O–H groups in total. The van der Waals surface area contributed by atoms with Gasteiger partial charge in [0.2, 0.25) is 10.0 Å². The highest BCUT2D eigenvalue weighted by Gasteiger charge is 2.27. The predicted molar refractivity (Wildman–Crippen MR) is 103 cm³/mol. The van der Waals surface area contributed by atoms with Crippen molar-refractivity contribution in [1.82, 2.24) is 4.31 Å². The first-order valence-electron chi connectivity index (χ1n) is 8.83. The van der Waals surface area contributed by atoms with Crippen molar-refractivity contribution < 1.29 is 13.2 Å². The van der Waals surface area contributed by atoms with Gasteiger partial charge in [0.05, 0.1) is 11.4 Å². The lowest BCUT2D eigenvalue weighted by molar-refractivity contribution is 0.101. The Morgan fingerprint density at radius 2 is 1.77 bits per heavy atom. The standard InChI is InChI=1S/C20H24N2O3S/c1-15-7-5-10-19(16(15)2)21-14-20(23)17-8-6-9-18(13-17)26(24,25)22-11-3-4-12-22/h5-10,13,21H,3-4,11-12,14H2,1-2H3. The third-order valence-electron chi connectivity index (χ3n) is 4.90. The quantitative estimate of drug-likeness (QED) is 0.790. The third-order valence-corrected chi connectivity index (χ3v) is 6.80. The first kappa shape index (κ1) is 18.6. The van der Waals surface area contributed by atoms with Crippen LogP contribution in [0.15, 0.2) is 47.4 Å². The summed E-state index contributed by atoms with van der Waals surface area (Å²) < 4.78 is 26.8. The average molecular weight is 372 g/mol. The number of carbonyl (C=O) groups is 1. The van der Waals surface area contributed by atoms with E-state index in [9.17, 15) is 13.2 Å². The molecule has 0 unspecified atom stereocenters. The van der Waals surface area contributed by atoms with Crippen LogP contribution in [0, 0.1) is 13.8 Å². The lowest BCUT2D eigenvalue weighted by atomic mass is 10.1. The zero-order valence-corrected chi connectivity index (χ0v) is 16.0. The Morgan fingerprint density at radius 3 is 2.50 bits per heavy atom. The Labute approximate surface area is 155 Å². The van der Waals surface area contributed by atoms with Crippen LogP contribution in [0.25, 0.3) is 0 Å². The molecule has 1 fully saturated rings. The molecule has 0 saturated carbocycles. The summed E-state index contributed by atoms with van der Waals surface area (Å²) in [5.74, 6) is -0.135. The van der Waals surface area contributed by atoms with Crippen molar-refractivity contribution in [1.29, 1.82) is 0 Å². The summed E-state index contributed by atoms with van der Waals surface area (Å²) in [5, 5.41) is 3.16. The summed E-state index contributed by atoms with van der Waals surface area (Å²) in [6.45, 7) is 5.25. The largest absolute Gasteiger partial charge is 0.377 e. The molecular formula is C20H24N2O3S. The van der Waals surface area contributed by atoms with Gasteiger partial charge in [0.15, 0.2) is 5.78 Å². The molecular weight excluding hydrogens is 348 g/mol. The molecule has 0 aromatic heterocycles. The molecule has 6 heteroatoms. The van der Waals surface area contributed by atoms with Gasteiger partial charge in [0.1, 0.15) is 0 Å². The number of nitrogens with one attached hydrogen (secondary N) is 1. The van der Waals surface area contributed by atoms with Gasteiger partial charge in [0.25, 0.3) is 0 Å². The molecule has 0 aliphatic carbocycles. The van der Waals surface area contributed by atoms with E-state index >= 15 is 0 Å². The summed E-state index contributed by atoms with van der Waals surface area (Å²) in [4.78, 5) is 12.7. The minimum atomic E-state index is -3.51. The van der Waals surface area contributed by atoms with Crippen molar-refractivity contribution in [3.63, 3.8) is 0 Å². The number of rotatable bonds is 6. The van der Waals surface area contributed by atoms with Gasteiger partial charge in [-0.2, -0.15) is 4.31 Å². The van der Waals surface area contributed by atoms with Crippen LogP contribution in [0.4, 0.5) is 5.69 Å². The van der Waals surface area contributed by atoms with Crippen molar-refractivity contribution in [3.05, 3.63) is 59.2 Å². The monoisotopic (exact) mass is 372 g/mol. The molecule has 3 rings (SSSR count). The van der Waals surface area contributed by atoms with Crippen LogP contribution in [-0.2, 0) is 10.0 Å². The maximum atomic E-state index is 12.7. The smallest absolute Gasteiger partial charge is 0.243 e. The summed E-state index contributed by atoms with van der Waals surface area (Å²) in [7, 11) is -3.51. The van der Waals surface area contributed by atoms with Crippen LogP contribution in [-0.4, -0.2) is 38.1 Å². The van der Waals surface area contributed by atoms with Crippen molar-refractivity contribution >= 4 is 21.5 Å². The minimum Gasteiger partial charge on any atom is -0.377 e.